The van der Waals surface area contributed by atoms with Crippen LogP contribution in [0.5, 0.6) is 5.75 Å². The Morgan fingerprint density at radius 2 is 1.69 bits per heavy atom. The van der Waals surface area contributed by atoms with Crippen LogP contribution in [0.2, 0.25) is 0 Å². The molecule has 13 heteroatoms. The third kappa shape index (κ3) is 6.45. The Bertz CT molecular complexity index is 1270. The number of carbonyl (C=O) groups excluding carboxylic acids is 2. The minimum atomic E-state index is -4.94. The average Bonchev–Trinajstić information content (AvgIpc) is 3.18. The van der Waals surface area contributed by atoms with E-state index in [1.165, 1.54) is 32.0 Å². The molecule has 3 aromatic rings. The summed E-state index contributed by atoms with van der Waals surface area (Å²) in [6.45, 7) is 2.81. The smallest absolute Gasteiger partial charge is 0.449 e. The maximum Gasteiger partial charge on any atom is 0.573 e. The van der Waals surface area contributed by atoms with Gasteiger partial charge in [-0.25, -0.2) is 4.98 Å². The topological polar surface area (TPSA) is 70.4 Å². The van der Waals surface area contributed by atoms with Crippen LogP contribution >= 0.6 is 15.9 Å². The van der Waals surface area contributed by atoms with Gasteiger partial charge in [-0.05, 0) is 49.4 Å². The van der Waals surface area contributed by atoms with Gasteiger partial charge in [0.15, 0.2) is 11.8 Å². The summed E-state index contributed by atoms with van der Waals surface area (Å²) in [6, 6.07) is 8.26. The van der Waals surface area contributed by atoms with E-state index < -0.39 is 41.8 Å². The molecule has 0 fully saturated rings. The Morgan fingerprint density at radius 3 is 2.22 bits per heavy atom. The first-order valence-corrected chi connectivity index (χ1v) is 11.0. The highest BCUT2D eigenvalue weighted by Gasteiger charge is 2.36. The van der Waals surface area contributed by atoms with Gasteiger partial charge in [0.25, 0.3) is 0 Å². The summed E-state index contributed by atoms with van der Waals surface area (Å²) in [4.78, 5) is 29.1. The zero-order valence-electron chi connectivity index (χ0n) is 18.6. The molecular weight excluding hydrogens is 562 g/mol. The van der Waals surface area contributed by atoms with E-state index in [-0.39, 0.29) is 29.1 Å². The molecule has 3 rings (SSSR count). The maximum absolute atomic E-state index is 13.4. The first-order valence-electron chi connectivity index (χ1n) is 10.2. The van der Waals surface area contributed by atoms with Crippen LogP contribution in [-0.2, 0) is 15.7 Å². The summed E-state index contributed by atoms with van der Waals surface area (Å²) in [5.41, 5.74) is -1.18. The Kier molecular flexibility index (Phi) is 7.82. The fourth-order valence-corrected chi connectivity index (χ4v) is 3.63. The lowest BCUT2D eigenvalue weighted by Crippen LogP contribution is -2.22. The molecule has 0 aliphatic heterocycles. The number of halogens is 7. The van der Waals surface area contributed by atoms with Gasteiger partial charge >= 0.3 is 18.5 Å². The Hall–Kier alpha value is -3.35. The second-order valence-corrected chi connectivity index (χ2v) is 8.32. The third-order valence-corrected chi connectivity index (χ3v) is 5.35. The fraction of sp³-hybridized carbons (Fsp3) is 0.261. The number of nitrogens with zero attached hydrogens (tertiary/aromatic N) is 2. The highest BCUT2D eigenvalue weighted by atomic mass is 79.9. The van der Waals surface area contributed by atoms with Gasteiger partial charge in [-0.15, -0.1) is 13.2 Å². The van der Waals surface area contributed by atoms with Crippen LogP contribution in [0.1, 0.15) is 46.9 Å². The second kappa shape index (κ2) is 10.3. The van der Waals surface area contributed by atoms with Gasteiger partial charge in [-0.1, -0.05) is 22.9 Å². The first kappa shape index (κ1) is 27.2. The number of hydrogen-bond donors (Lipinski definition) is 0. The van der Waals surface area contributed by atoms with Gasteiger partial charge in [-0.3, -0.25) is 9.59 Å². The normalized spacial score (nSPS) is 12.8. The number of benzene rings is 2. The number of imidazole rings is 1. The highest BCUT2D eigenvalue weighted by Crippen LogP contribution is 2.35. The van der Waals surface area contributed by atoms with Crippen molar-refractivity contribution in [1.82, 2.24) is 9.55 Å². The van der Waals surface area contributed by atoms with Crippen LogP contribution in [0.25, 0.3) is 5.69 Å². The van der Waals surface area contributed by atoms with Gasteiger partial charge in [-0.2, -0.15) is 13.2 Å². The summed E-state index contributed by atoms with van der Waals surface area (Å²) >= 11 is 3.24. The number of aryl methyl sites for hydroxylation is 1. The molecule has 0 saturated heterocycles. The molecule has 1 heterocycles. The molecule has 0 aliphatic carbocycles. The SMILES string of the molecule is CCC(=O)OC(C(=O)c1ccc(OC(F)(F)F)cc1)c1cc(Br)ccc1-n1cc(C(F)(F)F)nc1C. The van der Waals surface area contributed by atoms with E-state index in [1.54, 1.807) is 0 Å². The van der Waals surface area contributed by atoms with Crippen molar-refractivity contribution < 1.29 is 45.4 Å². The summed E-state index contributed by atoms with van der Waals surface area (Å²) in [6.07, 6.45) is -10.7. The molecule has 2 aromatic carbocycles. The molecule has 0 bridgehead atoms. The van der Waals surface area contributed by atoms with Crippen molar-refractivity contribution in [2.24, 2.45) is 0 Å². The molecule has 1 atom stereocenters. The second-order valence-electron chi connectivity index (χ2n) is 7.40. The summed E-state index contributed by atoms with van der Waals surface area (Å²) < 4.78 is 87.8. The number of aromatic nitrogens is 2. The zero-order chi connectivity index (χ0) is 26.8. The summed E-state index contributed by atoms with van der Waals surface area (Å²) in [7, 11) is 0. The van der Waals surface area contributed by atoms with E-state index in [0.717, 1.165) is 35.0 Å². The van der Waals surface area contributed by atoms with E-state index in [1.807, 2.05) is 0 Å². The molecule has 0 radical (unpaired) electrons. The number of esters is 1. The minimum Gasteiger partial charge on any atom is -0.449 e. The number of ether oxygens (including phenoxy) is 2. The number of Topliss-reactive ketones (excluding diaryl/α,β-unsaturated/α-hetero) is 1. The number of ketones is 1. The monoisotopic (exact) mass is 578 g/mol. The van der Waals surface area contributed by atoms with Crippen molar-refractivity contribution in [3.8, 4) is 11.4 Å². The van der Waals surface area contributed by atoms with E-state index in [4.69, 9.17) is 4.74 Å². The van der Waals surface area contributed by atoms with Crippen LogP contribution in [0, 0.1) is 6.92 Å². The van der Waals surface area contributed by atoms with Gasteiger partial charge < -0.3 is 14.0 Å². The van der Waals surface area contributed by atoms with Gasteiger partial charge in [0.05, 0.1) is 5.69 Å². The lowest BCUT2D eigenvalue weighted by molar-refractivity contribution is -0.274. The largest absolute Gasteiger partial charge is 0.573 e. The molecule has 0 amide bonds. The maximum atomic E-state index is 13.4. The standard InChI is InChI=1S/C23H17BrF6N2O4/c1-3-19(33)35-21(20(34)13-4-7-15(8-5-13)36-23(28,29)30)16-10-14(24)6-9-17(16)32-11-18(22(25,26)27)31-12(32)2/h4-11,21H,3H2,1-2H3. The van der Waals surface area contributed by atoms with Gasteiger partial charge in [0, 0.05) is 28.2 Å². The lowest BCUT2D eigenvalue weighted by Gasteiger charge is -2.21. The van der Waals surface area contributed by atoms with Crippen LogP contribution in [0.4, 0.5) is 26.3 Å². The Labute approximate surface area is 209 Å². The Morgan fingerprint density at radius 1 is 1.06 bits per heavy atom. The Balaban J connectivity index is 2.11. The molecule has 0 saturated carbocycles. The number of hydrogen-bond acceptors (Lipinski definition) is 5. The van der Waals surface area contributed by atoms with Crippen LogP contribution < -0.4 is 4.74 Å². The molecule has 0 N–H and O–H groups in total. The lowest BCUT2D eigenvalue weighted by atomic mass is 9.98. The van der Waals surface area contributed by atoms with Crippen molar-refractivity contribution >= 4 is 27.7 Å². The minimum absolute atomic E-state index is 0.0287. The average molecular weight is 579 g/mol. The fourth-order valence-electron chi connectivity index (χ4n) is 3.25. The van der Waals surface area contributed by atoms with Crippen LogP contribution in [0.15, 0.2) is 53.1 Å². The van der Waals surface area contributed by atoms with E-state index in [9.17, 15) is 35.9 Å². The van der Waals surface area contributed by atoms with Crippen LogP contribution in [0.3, 0.4) is 0 Å². The molecule has 192 valence electrons. The van der Waals surface area contributed by atoms with Crippen molar-refractivity contribution in [3.63, 3.8) is 0 Å². The number of rotatable bonds is 7. The van der Waals surface area contributed by atoms with Gasteiger partial charge in [0.1, 0.15) is 11.6 Å². The first-order chi connectivity index (χ1) is 16.7. The van der Waals surface area contributed by atoms with Crippen molar-refractivity contribution in [2.75, 3.05) is 0 Å². The van der Waals surface area contributed by atoms with E-state index in [0.29, 0.717) is 4.47 Å². The molecule has 0 spiro atoms. The molecule has 0 aliphatic rings. The number of carbonyl (C=O) groups is 2. The predicted molar refractivity (Wildman–Crippen MR) is 118 cm³/mol. The summed E-state index contributed by atoms with van der Waals surface area (Å²) in [5, 5.41) is 0. The van der Waals surface area contributed by atoms with E-state index in [2.05, 4.69) is 25.7 Å². The zero-order valence-corrected chi connectivity index (χ0v) is 20.2. The molecule has 1 unspecified atom stereocenters. The van der Waals surface area contributed by atoms with Crippen molar-refractivity contribution in [3.05, 3.63) is 75.8 Å². The van der Waals surface area contributed by atoms with E-state index >= 15 is 0 Å². The quantitative estimate of drug-likeness (QED) is 0.176. The number of alkyl halides is 6. The summed E-state index contributed by atoms with van der Waals surface area (Å²) in [5.74, 6) is -2.22. The molecular formula is C23H17BrF6N2O4. The van der Waals surface area contributed by atoms with Gasteiger partial charge in [0.2, 0.25) is 5.78 Å². The van der Waals surface area contributed by atoms with Crippen LogP contribution in [-0.4, -0.2) is 27.7 Å². The molecule has 6 nitrogen and oxygen atoms in total. The predicted octanol–water partition coefficient (Wildman–Crippen LogP) is 6.74. The molecule has 36 heavy (non-hydrogen) atoms. The van der Waals surface area contributed by atoms with Crippen molar-refractivity contribution in [1.29, 1.82) is 0 Å². The third-order valence-electron chi connectivity index (χ3n) is 4.85. The molecule has 1 aromatic heterocycles. The highest BCUT2D eigenvalue weighted by molar-refractivity contribution is 9.10. The van der Waals surface area contributed by atoms with Crippen molar-refractivity contribution in [2.45, 2.75) is 38.9 Å².